The summed E-state index contributed by atoms with van der Waals surface area (Å²) in [6.07, 6.45) is 2.07. The van der Waals surface area contributed by atoms with Crippen molar-refractivity contribution in [3.63, 3.8) is 0 Å². The lowest BCUT2D eigenvalue weighted by Gasteiger charge is -2.20. The second-order valence-corrected chi connectivity index (χ2v) is 11.1. The minimum absolute atomic E-state index is 0.0852. The molecular formula is C25H26N4O5S. The number of hydrogen-bond donors (Lipinski definition) is 4. The SMILES string of the molecule is CC(C)S(=O)(=O)c1ccc(-c2cnc3[nH]cc(C(=O)N[C@H](C)[C@H](O)c4ccc(O)cc4)c3n2)cc1. The van der Waals surface area contributed by atoms with Crippen LogP contribution in [0.4, 0.5) is 0 Å². The Labute approximate surface area is 202 Å². The molecule has 4 rings (SSSR count). The van der Waals surface area contributed by atoms with E-state index in [0.29, 0.717) is 28.0 Å². The van der Waals surface area contributed by atoms with Crippen molar-refractivity contribution in [1.29, 1.82) is 0 Å². The largest absolute Gasteiger partial charge is 0.508 e. The van der Waals surface area contributed by atoms with Gasteiger partial charge < -0.3 is 20.5 Å². The third kappa shape index (κ3) is 4.89. The number of hydrogen-bond acceptors (Lipinski definition) is 7. The number of H-pyrrole nitrogens is 1. The molecule has 0 saturated carbocycles. The molecule has 0 fully saturated rings. The van der Waals surface area contributed by atoms with Gasteiger partial charge in [0.2, 0.25) is 0 Å². The number of nitrogens with zero attached hydrogens (tertiary/aromatic N) is 2. The van der Waals surface area contributed by atoms with E-state index < -0.39 is 33.1 Å². The van der Waals surface area contributed by atoms with Crippen molar-refractivity contribution in [1.82, 2.24) is 20.3 Å². The van der Waals surface area contributed by atoms with E-state index in [1.807, 2.05) is 0 Å². The van der Waals surface area contributed by atoms with Crippen LogP contribution < -0.4 is 5.32 Å². The van der Waals surface area contributed by atoms with Crippen LogP contribution in [-0.4, -0.2) is 50.8 Å². The molecule has 0 aliphatic heterocycles. The summed E-state index contributed by atoms with van der Waals surface area (Å²) in [5, 5.41) is 22.2. The Morgan fingerprint density at radius 3 is 2.31 bits per heavy atom. The number of aromatic amines is 1. The van der Waals surface area contributed by atoms with E-state index in [2.05, 4.69) is 20.3 Å². The minimum atomic E-state index is -3.39. The lowest BCUT2D eigenvalue weighted by Crippen LogP contribution is -2.37. The number of nitrogens with one attached hydrogen (secondary N) is 2. The molecule has 0 radical (unpaired) electrons. The Morgan fingerprint density at radius 1 is 1.03 bits per heavy atom. The average molecular weight is 495 g/mol. The van der Waals surface area contributed by atoms with Gasteiger partial charge in [0.1, 0.15) is 11.3 Å². The summed E-state index contributed by atoms with van der Waals surface area (Å²) in [5.41, 5.74) is 2.73. The van der Waals surface area contributed by atoms with Crippen molar-refractivity contribution in [2.24, 2.45) is 0 Å². The van der Waals surface area contributed by atoms with Crippen molar-refractivity contribution in [3.8, 4) is 17.0 Å². The van der Waals surface area contributed by atoms with Crippen molar-refractivity contribution in [3.05, 3.63) is 72.1 Å². The number of fused-ring (bicyclic) bond motifs is 1. The number of carbonyl (C=O) groups is 1. The summed E-state index contributed by atoms with van der Waals surface area (Å²) in [4.78, 5) is 25.0. The van der Waals surface area contributed by atoms with Crippen molar-refractivity contribution < 1.29 is 23.4 Å². The predicted molar refractivity (Wildman–Crippen MR) is 132 cm³/mol. The smallest absolute Gasteiger partial charge is 0.255 e. The highest BCUT2D eigenvalue weighted by atomic mass is 32.2. The van der Waals surface area contributed by atoms with E-state index in [1.165, 1.54) is 30.5 Å². The maximum Gasteiger partial charge on any atom is 0.255 e. The summed E-state index contributed by atoms with van der Waals surface area (Å²) in [5.74, 6) is -0.353. The lowest BCUT2D eigenvalue weighted by atomic mass is 10.0. The number of aromatic nitrogens is 3. The number of sulfone groups is 1. The topological polar surface area (TPSA) is 145 Å². The zero-order chi connectivity index (χ0) is 25.3. The molecule has 2 heterocycles. The number of amides is 1. The third-order valence-electron chi connectivity index (χ3n) is 5.79. The van der Waals surface area contributed by atoms with Crippen LogP contribution in [-0.2, 0) is 9.84 Å². The van der Waals surface area contributed by atoms with Gasteiger partial charge in [0, 0.05) is 11.8 Å². The van der Waals surface area contributed by atoms with Crippen molar-refractivity contribution in [2.45, 2.75) is 43.1 Å². The monoisotopic (exact) mass is 494 g/mol. The number of aromatic hydroxyl groups is 1. The molecule has 0 spiro atoms. The van der Waals surface area contributed by atoms with Crippen LogP contribution in [0.25, 0.3) is 22.4 Å². The van der Waals surface area contributed by atoms with Crippen LogP contribution in [0.1, 0.15) is 42.8 Å². The van der Waals surface area contributed by atoms with Gasteiger partial charge in [0.05, 0.1) is 39.7 Å². The van der Waals surface area contributed by atoms with E-state index in [4.69, 9.17) is 0 Å². The molecule has 9 nitrogen and oxygen atoms in total. The van der Waals surface area contributed by atoms with E-state index in [0.717, 1.165) is 0 Å². The van der Waals surface area contributed by atoms with Crippen LogP contribution in [0.15, 0.2) is 65.8 Å². The molecule has 0 unspecified atom stereocenters. The van der Waals surface area contributed by atoms with Crippen LogP contribution in [0.2, 0.25) is 0 Å². The molecule has 4 aromatic rings. The zero-order valence-corrected chi connectivity index (χ0v) is 20.2. The maximum absolute atomic E-state index is 13.0. The molecule has 0 saturated heterocycles. The third-order valence-corrected chi connectivity index (χ3v) is 7.96. The summed E-state index contributed by atoms with van der Waals surface area (Å²) in [7, 11) is -3.39. The molecule has 1 amide bonds. The summed E-state index contributed by atoms with van der Waals surface area (Å²) in [6, 6.07) is 11.9. The van der Waals surface area contributed by atoms with E-state index >= 15 is 0 Å². The van der Waals surface area contributed by atoms with Crippen molar-refractivity contribution in [2.75, 3.05) is 0 Å². The Balaban J connectivity index is 1.57. The molecule has 35 heavy (non-hydrogen) atoms. The van der Waals surface area contributed by atoms with Gasteiger partial charge in [-0.25, -0.2) is 18.4 Å². The molecule has 4 N–H and O–H groups in total. The molecule has 0 aliphatic rings. The van der Waals surface area contributed by atoms with E-state index in [9.17, 15) is 23.4 Å². The average Bonchev–Trinajstić information content (AvgIpc) is 3.27. The van der Waals surface area contributed by atoms with Gasteiger partial charge in [-0.05, 0) is 50.6 Å². The molecule has 0 bridgehead atoms. The first-order chi connectivity index (χ1) is 16.6. The Kier molecular flexibility index (Phi) is 6.60. The predicted octanol–water partition coefficient (Wildman–Crippen LogP) is 3.36. The fourth-order valence-electron chi connectivity index (χ4n) is 3.61. The number of carbonyl (C=O) groups excluding carboxylic acids is 1. The standard InChI is InChI=1S/C25H26N4O5S/c1-14(2)35(33,34)19-10-6-16(7-11-19)21-13-27-24-22(29-21)20(12-26-24)25(32)28-15(3)23(31)17-4-8-18(30)9-5-17/h4-15,23,30-31H,1-3H3,(H,26,27)(H,28,32)/t15-,23+/m1/s1. The zero-order valence-electron chi connectivity index (χ0n) is 19.4. The molecular weight excluding hydrogens is 468 g/mol. The number of phenols is 1. The van der Waals surface area contributed by atoms with Gasteiger partial charge in [0.25, 0.3) is 5.91 Å². The molecule has 2 aromatic carbocycles. The van der Waals surface area contributed by atoms with Gasteiger partial charge in [-0.3, -0.25) is 4.79 Å². The van der Waals surface area contributed by atoms with Gasteiger partial charge in [-0.2, -0.15) is 0 Å². The number of aliphatic hydroxyl groups is 1. The van der Waals surface area contributed by atoms with Crippen molar-refractivity contribution >= 4 is 26.9 Å². The maximum atomic E-state index is 13.0. The van der Waals surface area contributed by atoms with Crippen LogP contribution >= 0.6 is 0 Å². The van der Waals surface area contributed by atoms with Gasteiger partial charge in [-0.1, -0.05) is 24.3 Å². The first-order valence-corrected chi connectivity index (χ1v) is 12.6. The first kappa shape index (κ1) is 24.4. The van der Waals surface area contributed by atoms with Crippen LogP contribution in [0.5, 0.6) is 5.75 Å². The summed E-state index contributed by atoms with van der Waals surface area (Å²) in [6.45, 7) is 4.94. The highest BCUT2D eigenvalue weighted by Gasteiger charge is 2.22. The molecule has 2 atom stereocenters. The quantitative estimate of drug-likeness (QED) is 0.308. The summed E-state index contributed by atoms with van der Waals surface area (Å²) < 4.78 is 24.8. The number of aliphatic hydroxyl groups excluding tert-OH is 1. The normalized spacial score (nSPS) is 13.6. The van der Waals surface area contributed by atoms with E-state index in [1.54, 1.807) is 51.2 Å². The van der Waals surface area contributed by atoms with Crippen LogP contribution in [0, 0.1) is 0 Å². The Morgan fingerprint density at radius 2 is 1.69 bits per heavy atom. The fourth-order valence-corrected chi connectivity index (χ4v) is 4.67. The molecule has 2 aromatic heterocycles. The first-order valence-electron chi connectivity index (χ1n) is 11.0. The second-order valence-electron chi connectivity index (χ2n) is 8.57. The second kappa shape index (κ2) is 9.47. The molecule has 0 aliphatic carbocycles. The summed E-state index contributed by atoms with van der Waals surface area (Å²) >= 11 is 0. The Bertz CT molecular complexity index is 1460. The minimum Gasteiger partial charge on any atom is -0.508 e. The number of phenolic OH excluding ortho intramolecular Hbond substituents is 1. The number of benzene rings is 2. The highest BCUT2D eigenvalue weighted by molar-refractivity contribution is 7.92. The highest BCUT2D eigenvalue weighted by Crippen LogP contribution is 2.25. The van der Waals surface area contributed by atoms with E-state index in [-0.39, 0.29) is 16.2 Å². The molecule has 182 valence electrons. The molecule has 10 heteroatoms. The Hall–Kier alpha value is -3.76. The fraction of sp³-hybridized carbons (Fsp3) is 0.240. The lowest BCUT2D eigenvalue weighted by molar-refractivity contribution is 0.0853. The van der Waals surface area contributed by atoms with Crippen LogP contribution in [0.3, 0.4) is 0 Å². The van der Waals surface area contributed by atoms with Gasteiger partial charge in [0.15, 0.2) is 15.5 Å². The van der Waals surface area contributed by atoms with Gasteiger partial charge in [-0.15, -0.1) is 0 Å². The van der Waals surface area contributed by atoms with Gasteiger partial charge >= 0.3 is 0 Å². The number of rotatable bonds is 7.